The Morgan fingerprint density at radius 1 is 1.33 bits per heavy atom. The van der Waals surface area contributed by atoms with Crippen LogP contribution >= 0.6 is 0 Å². The van der Waals surface area contributed by atoms with Crippen molar-refractivity contribution in [2.45, 2.75) is 39.9 Å². The zero-order chi connectivity index (χ0) is 13.0. The molecule has 0 unspecified atom stereocenters. The molecule has 6 heteroatoms. The van der Waals surface area contributed by atoms with Crippen molar-refractivity contribution in [3.63, 3.8) is 0 Å². The van der Waals surface area contributed by atoms with Crippen molar-refractivity contribution >= 4 is 0 Å². The molecule has 18 heavy (non-hydrogen) atoms. The van der Waals surface area contributed by atoms with Crippen molar-refractivity contribution in [2.24, 2.45) is 0 Å². The van der Waals surface area contributed by atoms with E-state index >= 15 is 0 Å². The molecule has 6 nitrogen and oxygen atoms in total. The Morgan fingerprint density at radius 2 is 2.17 bits per heavy atom. The van der Waals surface area contributed by atoms with Crippen LogP contribution in [-0.4, -0.2) is 32.2 Å². The van der Waals surface area contributed by atoms with Gasteiger partial charge in [0, 0.05) is 6.54 Å². The molecule has 2 heterocycles. The van der Waals surface area contributed by atoms with Crippen molar-refractivity contribution in [2.75, 3.05) is 7.05 Å². The van der Waals surface area contributed by atoms with E-state index in [0.717, 1.165) is 36.9 Å². The standard InChI is InChI=1S/C12H19N5O/c1-4-7-17-12(13-14-15-17)9-16(3)8-11-6-5-10(2)18-11/h5-6H,4,7-9H2,1-3H3. The van der Waals surface area contributed by atoms with E-state index in [4.69, 9.17) is 4.42 Å². The van der Waals surface area contributed by atoms with Crippen LogP contribution in [0.4, 0.5) is 0 Å². The molecule has 0 amide bonds. The van der Waals surface area contributed by atoms with E-state index in [0.29, 0.717) is 6.54 Å². The maximum absolute atomic E-state index is 5.55. The summed E-state index contributed by atoms with van der Waals surface area (Å²) < 4.78 is 7.40. The Hall–Kier alpha value is -1.69. The quantitative estimate of drug-likeness (QED) is 0.778. The summed E-state index contributed by atoms with van der Waals surface area (Å²) in [7, 11) is 2.03. The third-order valence-corrected chi connectivity index (χ3v) is 2.67. The fraction of sp³-hybridized carbons (Fsp3) is 0.583. The average Bonchev–Trinajstić information content (AvgIpc) is 2.90. The lowest BCUT2D eigenvalue weighted by molar-refractivity contribution is 0.273. The Bertz CT molecular complexity index is 490. The highest BCUT2D eigenvalue weighted by molar-refractivity contribution is 5.05. The fourth-order valence-electron chi connectivity index (χ4n) is 1.86. The lowest BCUT2D eigenvalue weighted by Crippen LogP contribution is -2.20. The molecule has 2 rings (SSSR count). The molecule has 0 bridgehead atoms. The Labute approximate surface area is 107 Å². The van der Waals surface area contributed by atoms with Gasteiger partial charge in [0.05, 0.1) is 13.1 Å². The summed E-state index contributed by atoms with van der Waals surface area (Å²) in [5.41, 5.74) is 0. The number of tetrazole rings is 1. The number of aromatic nitrogens is 4. The van der Waals surface area contributed by atoms with E-state index in [2.05, 4.69) is 27.3 Å². The van der Waals surface area contributed by atoms with Crippen LogP contribution in [0, 0.1) is 6.92 Å². The van der Waals surface area contributed by atoms with Crippen LogP contribution in [0.1, 0.15) is 30.7 Å². The summed E-state index contributed by atoms with van der Waals surface area (Å²) in [6.45, 7) is 6.39. The summed E-state index contributed by atoms with van der Waals surface area (Å²) in [5.74, 6) is 2.79. The molecule has 0 fully saturated rings. The first-order chi connectivity index (χ1) is 8.69. The Morgan fingerprint density at radius 3 is 2.83 bits per heavy atom. The van der Waals surface area contributed by atoms with Crippen LogP contribution in [0.15, 0.2) is 16.5 Å². The zero-order valence-corrected chi connectivity index (χ0v) is 11.1. The first-order valence-corrected chi connectivity index (χ1v) is 6.18. The average molecular weight is 249 g/mol. The van der Waals surface area contributed by atoms with Gasteiger partial charge >= 0.3 is 0 Å². The minimum atomic E-state index is 0.715. The molecule has 0 N–H and O–H groups in total. The molecular formula is C12H19N5O. The second-order valence-corrected chi connectivity index (χ2v) is 4.50. The van der Waals surface area contributed by atoms with Gasteiger partial charge in [-0.1, -0.05) is 6.92 Å². The van der Waals surface area contributed by atoms with Crippen LogP contribution < -0.4 is 0 Å². The van der Waals surface area contributed by atoms with Gasteiger partial charge in [0.25, 0.3) is 0 Å². The largest absolute Gasteiger partial charge is 0.465 e. The first-order valence-electron chi connectivity index (χ1n) is 6.18. The summed E-state index contributed by atoms with van der Waals surface area (Å²) in [5, 5.41) is 11.7. The Balaban J connectivity index is 1.94. The van der Waals surface area contributed by atoms with Gasteiger partial charge in [0.1, 0.15) is 11.5 Å². The van der Waals surface area contributed by atoms with Crippen LogP contribution in [0.25, 0.3) is 0 Å². The Kier molecular flexibility index (Phi) is 4.09. The van der Waals surface area contributed by atoms with Crippen molar-refractivity contribution in [3.05, 3.63) is 29.5 Å². The minimum Gasteiger partial charge on any atom is -0.465 e. The maximum Gasteiger partial charge on any atom is 0.165 e. The van der Waals surface area contributed by atoms with E-state index < -0.39 is 0 Å². The molecule has 0 aliphatic carbocycles. The molecule has 2 aromatic rings. The topological polar surface area (TPSA) is 60.0 Å². The molecule has 0 saturated heterocycles. The highest BCUT2D eigenvalue weighted by Crippen LogP contribution is 2.10. The van der Waals surface area contributed by atoms with Crippen molar-refractivity contribution in [1.82, 2.24) is 25.1 Å². The summed E-state index contributed by atoms with van der Waals surface area (Å²) in [4.78, 5) is 2.14. The van der Waals surface area contributed by atoms with Gasteiger partial charge in [-0.15, -0.1) is 5.10 Å². The smallest absolute Gasteiger partial charge is 0.165 e. The van der Waals surface area contributed by atoms with Gasteiger partial charge in [-0.25, -0.2) is 4.68 Å². The molecule has 0 atom stereocenters. The van der Waals surface area contributed by atoms with Crippen LogP contribution in [0.2, 0.25) is 0 Å². The predicted molar refractivity (Wildman–Crippen MR) is 66.7 cm³/mol. The fourth-order valence-corrected chi connectivity index (χ4v) is 1.86. The number of hydrogen-bond donors (Lipinski definition) is 0. The van der Waals surface area contributed by atoms with Crippen LogP contribution in [0.3, 0.4) is 0 Å². The van der Waals surface area contributed by atoms with Gasteiger partial charge in [0.2, 0.25) is 0 Å². The summed E-state index contributed by atoms with van der Waals surface area (Å²) >= 11 is 0. The van der Waals surface area contributed by atoms with Gasteiger partial charge in [-0.05, 0) is 43.0 Å². The van der Waals surface area contributed by atoms with Crippen molar-refractivity contribution in [1.29, 1.82) is 0 Å². The monoisotopic (exact) mass is 249 g/mol. The number of furan rings is 1. The molecule has 0 radical (unpaired) electrons. The van der Waals surface area contributed by atoms with Gasteiger partial charge in [-0.2, -0.15) is 0 Å². The normalized spacial score (nSPS) is 11.3. The highest BCUT2D eigenvalue weighted by atomic mass is 16.3. The number of aryl methyl sites for hydroxylation is 2. The number of rotatable bonds is 6. The molecule has 0 saturated carbocycles. The van der Waals surface area contributed by atoms with E-state index in [9.17, 15) is 0 Å². The third kappa shape index (κ3) is 3.16. The van der Waals surface area contributed by atoms with Crippen LogP contribution in [0.5, 0.6) is 0 Å². The zero-order valence-electron chi connectivity index (χ0n) is 11.1. The molecule has 0 aliphatic rings. The lowest BCUT2D eigenvalue weighted by atomic mass is 10.4. The molecule has 0 aromatic carbocycles. The number of nitrogens with zero attached hydrogens (tertiary/aromatic N) is 5. The maximum atomic E-state index is 5.55. The molecule has 2 aromatic heterocycles. The first kappa shape index (κ1) is 12.8. The molecular weight excluding hydrogens is 230 g/mol. The van der Waals surface area contributed by atoms with Crippen LogP contribution in [-0.2, 0) is 19.6 Å². The predicted octanol–water partition coefficient (Wildman–Crippen LogP) is 1.62. The molecule has 0 spiro atoms. The van der Waals surface area contributed by atoms with Gasteiger partial charge in [-0.3, -0.25) is 4.90 Å². The van der Waals surface area contributed by atoms with Gasteiger partial charge < -0.3 is 4.42 Å². The molecule has 0 aliphatic heterocycles. The van der Waals surface area contributed by atoms with E-state index in [1.165, 1.54) is 0 Å². The van der Waals surface area contributed by atoms with Crippen molar-refractivity contribution < 1.29 is 4.42 Å². The second kappa shape index (κ2) is 5.77. The lowest BCUT2D eigenvalue weighted by Gasteiger charge is -2.14. The van der Waals surface area contributed by atoms with E-state index in [1.54, 1.807) is 0 Å². The third-order valence-electron chi connectivity index (χ3n) is 2.67. The van der Waals surface area contributed by atoms with Gasteiger partial charge in [0.15, 0.2) is 5.82 Å². The second-order valence-electron chi connectivity index (χ2n) is 4.50. The molecule has 98 valence electrons. The van der Waals surface area contributed by atoms with Crippen molar-refractivity contribution in [3.8, 4) is 0 Å². The minimum absolute atomic E-state index is 0.715. The van der Waals surface area contributed by atoms with E-state index in [-0.39, 0.29) is 0 Å². The highest BCUT2D eigenvalue weighted by Gasteiger charge is 2.10. The number of hydrogen-bond acceptors (Lipinski definition) is 5. The summed E-state index contributed by atoms with van der Waals surface area (Å²) in [6, 6.07) is 3.98. The summed E-state index contributed by atoms with van der Waals surface area (Å²) in [6.07, 6.45) is 1.03. The SMILES string of the molecule is CCCn1nnnc1CN(C)Cc1ccc(C)o1. The van der Waals surface area contributed by atoms with E-state index in [1.807, 2.05) is 30.8 Å².